The number of hydrogen-bond acceptors (Lipinski definition) is 7. The van der Waals surface area contributed by atoms with Crippen LogP contribution in [-0.4, -0.2) is 51.7 Å². The van der Waals surface area contributed by atoms with Crippen LogP contribution in [0.3, 0.4) is 0 Å². The molecule has 1 atom stereocenters. The Bertz CT molecular complexity index is 1360. The number of alkyl carbamates (subject to hydrolysis) is 1. The van der Waals surface area contributed by atoms with Gasteiger partial charge in [0.05, 0.1) is 12.7 Å². The van der Waals surface area contributed by atoms with Crippen LogP contribution >= 0.6 is 0 Å². The molecule has 11 nitrogen and oxygen atoms in total. The molecule has 0 aliphatic heterocycles. The molecular weight excluding hydrogens is 502 g/mol. The van der Waals surface area contributed by atoms with Crippen molar-refractivity contribution in [3.63, 3.8) is 0 Å². The van der Waals surface area contributed by atoms with Crippen LogP contribution in [0.2, 0.25) is 0 Å². The highest BCUT2D eigenvalue weighted by Gasteiger charge is 2.37. The van der Waals surface area contributed by atoms with Crippen LogP contribution < -0.4 is 16.2 Å². The maximum atomic E-state index is 13.3. The predicted octanol–water partition coefficient (Wildman–Crippen LogP) is 3.16. The number of imidazole rings is 1. The number of carbonyl (C=O) groups excluding carboxylic acids is 4. The Morgan fingerprint density at radius 1 is 0.949 bits per heavy atom. The zero-order chi connectivity index (χ0) is 28.8. The first kappa shape index (κ1) is 28.9. The van der Waals surface area contributed by atoms with E-state index < -0.39 is 35.0 Å². The second-order valence-corrected chi connectivity index (χ2v) is 10.2. The van der Waals surface area contributed by atoms with E-state index in [-0.39, 0.29) is 17.5 Å². The molecule has 39 heavy (non-hydrogen) atoms. The third-order valence-electron chi connectivity index (χ3n) is 5.66. The van der Waals surface area contributed by atoms with E-state index in [4.69, 9.17) is 9.47 Å². The number of ether oxygens (including phenoxy) is 2. The van der Waals surface area contributed by atoms with Crippen LogP contribution in [0, 0.1) is 0 Å². The second kappa shape index (κ2) is 11.8. The number of aromatic nitrogens is 2. The van der Waals surface area contributed by atoms with Gasteiger partial charge in [0.1, 0.15) is 17.0 Å². The topological polar surface area (TPSA) is 141 Å². The molecule has 0 aliphatic rings. The first-order chi connectivity index (χ1) is 18.3. The number of nitrogens with zero attached hydrogens (tertiary/aromatic N) is 2. The predicted molar refractivity (Wildman–Crippen MR) is 144 cm³/mol. The summed E-state index contributed by atoms with van der Waals surface area (Å²) in [6.07, 6.45) is 2.65. The van der Waals surface area contributed by atoms with E-state index in [2.05, 4.69) is 21.2 Å². The van der Waals surface area contributed by atoms with Gasteiger partial charge in [-0.1, -0.05) is 30.3 Å². The van der Waals surface area contributed by atoms with Crippen LogP contribution in [0.25, 0.3) is 11.4 Å². The van der Waals surface area contributed by atoms with Crippen molar-refractivity contribution in [2.75, 3.05) is 7.11 Å². The molecule has 0 unspecified atom stereocenters. The molecular formula is C28H33N5O6. The van der Waals surface area contributed by atoms with Gasteiger partial charge in [-0.15, -0.1) is 0 Å². The van der Waals surface area contributed by atoms with Gasteiger partial charge >= 0.3 is 12.1 Å². The third-order valence-corrected chi connectivity index (χ3v) is 5.66. The highest BCUT2D eigenvalue weighted by atomic mass is 16.6. The molecule has 0 saturated carbocycles. The Morgan fingerprint density at radius 2 is 1.62 bits per heavy atom. The van der Waals surface area contributed by atoms with Crippen molar-refractivity contribution in [2.24, 2.45) is 7.05 Å². The fourth-order valence-corrected chi connectivity index (χ4v) is 3.81. The van der Waals surface area contributed by atoms with Crippen molar-refractivity contribution in [3.05, 3.63) is 77.6 Å². The van der Waals surface area contributed by atoms with Crippen molar-refractivity contribution in [1.82, 2.24) is 25.7 Å². The minimum atomic E-state index is -1.48. The van der Waals surface area contributed by atoms with Gasteiger partial charge in [-0.2, -0.15) is 0 Å². The summed E-state index contributed by atoms with van der Waals surface area (Å²) in [7, 11) is 3.01. The number of carbonyl (C=O) groups is 4. The summed E-state index contributed by atoms with van der Waals surface area (Å²) in [6, 6.07) is 13.6. The van der Waals surface area contributed by atoms with E-state index in [1.807, 2.05) is 30.3 Å². The van der Waals surface area contributed by atoms with Gasteiger partial charge in [0, 0.05) is 37.0 Å². The van der Waals surface area contributed by atoms with Gasteiger partial charge in [0.2, 0.25) is 0 Å². The van der Waals surface area contributed by atoms with Crippen molar-refractivity contribution >= 4 is 23.9 Å². The molecule has 1 heterocycles. The Hall–Kier alpha value is -4.67. The molecule has 3 N–H and O–H groups in total. The minimum absolute atomic E-state index is 0.0843. The molecule has 3 amide bonds. The number of esters is 1. The maximum Gasteiger partial charge on any atom is 0.408 e. The summed E-state index contributed by atoms with van der Waals surface area (Å²) in [5.41, 5.74) is 4.00. The summed E-state index contributed by atoms with van der Waals surface area (Å²) < 4.78 is 11.9. The molecule has 1 aromatic heterocycles. The summed E-state index contributed by atoms with van der Waals surface area (Å²) in [5, 5.41) is 2.63. The summed E-state index contributed by atoms with van der Waals surface area (Å²) in [6.45, 7) is 6.66. The number of benzene rings is 2. The Kier molecular flexibility index (Phi) is 8.74. The first-order valence-electron chi connectivity index (χ1n) is 12.2. The number of hydrogen-bond donors (Lipinski definition) is 3. The van der Waals surface area contributed by atoms with Crippen molar-refractivity contribution < 1.29 is 28.7 Å². The minimum Gasteiger partial charge on any atom is -0.465 e. The van der Waals surface area contributed by atoms with Gasteiger partial charge in [-0.05, 0) is 51.5 Å². The zero-order valence-corrected chi connectivity index (χ0v) is 22.8. The fraction of sp³-hybridized carbons (Fsp3) is 0.321. The van der Waals surface area contributed by atoms with Crippen LogP contribution in [0.4, 0.5) is 4.79 Å². The van der Waals surface area contributed by atoms with E-state index in [1.165, 1.54) is 20.1 Å². The first-order valence-corrected chi connectivity index (χ1v) is 12.2. The van der Waals surface area contributed by atoms with Gasteiger partial charge in [-0.3, -0.25) is 20.4 Å². The number of aryl methyl sites for hydroxylation is 1. The second-order valence-electron chi connectivity index (χ2n) is 10.2. The normalized spacial score (nSPS) is 12.6. The Morgan fingerprint density at radius 3 is 2.21 bits per heavy atom. The Labute approximate surface area is 226 Å². The molecule has 0 spiro atoms. The molecule has 3 aromatic rings. The maximum absolute atomic E-state index is 13.3. The number of hydrazine groups is 1. The van der Waals surface area contributed by atoms with Gasteiger partial charge < -0.3 is 19.4 Å². The van der Waals surface area contributed by atoms with E-state index in [0.717, 1.165) is 5.56 Å². The van der Waals surface area contributed by atoms with Gasteiger partial charge in [-0.25, -0.2) is 14.6 Å². The van der Waals surface area contributed by atoms with Crippen LogP contribution in [0.5, 0.6) is 0 Å². The van der Waals surface area contributed by atoms with Gasteiger partial charge in [0.25, 0.3) is 11.8 Å². The highest BCUT2D eigenvalue weighted by molar-refractivity contribution is 6.01. The molecule has 0 radical (unpaired) electrons. The molecule has 206 valence electrons. The van der Waals surface area contributed by atoms with E-state index in [9.17, 15) is 19.2 Å². The number of amides is 3. The molecule has 2 aromatic carbocycles. The quantitative estimate of drug-likeness (QED) is 0.312. The molecule has 0 bridgehead atoms. The van der Waals surface area contributed by atoms with E-state index >= 15 is 0 Å². The SMILES string of the molecule is COC(=O)c1cc(C(=O)NNC(=O)[C@](C)(Cc2ccccc2)NC(=O)OC(C)(C)C)cc(-c2nccn2C)c1. The van der Waals surface area contributed by atoms with Crippen LogP contribution in [0.15, 0.2) is 60.9 Å². The lowest BCUT2D eigenvalue weighted by molar-refractivity contribution is -0.127. The summed E-state index contributed by atoms with van der Waals surface area (Å²) in [5.74, 6) is -1.49. The zero-order valence-electron chi connectivity index (χ0n) is 22.8. The number of rotatable bonds is 7. The molecule has 0 aliphatic carbocycles. The standard InChI is InChI=1S/C28H33N5O6/c1-27(2,3)39-26(37)30-28(4,17-18-10-8-7-9-11-18)25(36)32-31-23(34)20-14-19(22-29-12-13-33(22)5)15-21(16-20)24(35)38-6/h7-16H,17H2,1-6H3,(H,30,37)(H,31,34)(H,32,36)/t28-/m0/s1. The lowest BCUT2D eigenvalue weighted by Crippen LogP contribution is -2.61. The highest BCUT2D eigenvalue weighted by Crippen LogP contribution is 2.22. The average molecular weight is 536 g/mol. The third kappa shape index (κ3) is 7.67. The molecule has 3 rings (SSSR count). The van der Waals surface area contributed by atoms with Crippen molar-refractivity contribution in [3.8, 4) is 11.4 Å². The molecule has 0 saturated heterocycles. The Balaban J connectivity index is 1.84. The van der Waals surface area contributed by atoms with Crippen LogP contribution in [0.1, 0.15) is 54.0 Å². The van der Waals surface area contributed by atoms with Crippen molar-refractivity contribution in [1.29, 1.82) is 0 Å². The monoisotopic (exact) mass is 535 g/mol. The lowest BCUT2D eigenvalue weighted by atomic mass is 9.92. The average Bonchev–Trinajstić information content (AvgIpc) is 3.31. The number of methoxy groups -OCH3 is 1. The number of nitrogens with one attached hydrogen (secondary N) is 3. The van der Waals surface area contributed by atoms with Crippen LogP contribution in [-0.2, 0) is 27.7 Å². The van der Waals surface area contributed by atoms with E-state index in [0.29, 0.717) is 11.4 Å². The van der Waals surface area contributed by atoms with Crippen molar-refractivity contribution in [2.45, 2.75) is 45.3 Å². The fourth-order valence-electron chi connectivity index (χ4n) is 3.81. The molecule has 11 heteroatoms. The smallest absolute Gasteiger partial charge is 0.408 e. The summed E-state index contributed by atoms with van der Waals surface area (Å²) in [4.78, 5) is 55.6. The van der Waals surface area contributed by atoms with E-state index in [1.54, 1.807) is 56.9 Å². The summed E-state index contributed by atoms with van der Waals surface area (Å²) >= 11 is 0. The molecule has 0 fully saturated rings. The lowest BCUT2D eigenvalue weighted by Gasteiger charge is -2.31. The largest absolute Gasteiger partial charge is 0.465 e. The van der Waals surface area contributed by atoms with Gasteiger partial charge in [0.15, 0.2) is 0 Å².